The first-order valence-electron chi connectivity index (χ1n) is 10.5. The Balaban J connectivity index is 1.39. The second kappa shape index (κ2) is 7.69. The number of hydrogen-bond acceptors (Lipinski definition) is 4. The van der Waals surface area contributed by atoms with E-state index in [0.717, 1.165) is 24.0 Å². The maximum absolute atomic E-state index is 12.9. The highest BCUT2D eigenvalue weighted by Gasteiger charge is 2.51. The third kappa shape index (κ3) is 3.58. The minimum absolute atomic E-state index is 0.0500. The highest BCUT2D eigenvalue weighted by molar-refractivity contribution is 5.94. The number of fused-ring (bicyclic) bond motifs is 1. The number of nitrogens with zero attached hydrogens (tertiary/aromatic N) is 3. The van der Waals surface area contributed by atoms with Crippen molar-refractivity contribution in [2.24, 2.45) is 0 Å². The number of benzene rings is 1. The zero-order valence-electron chi connectivity index (χ0n) is 17.4. The molecule has 0 aromatic heterocycles. The summed E-state index contributed by atoms with van der Waals surface area (Å²) < 4.78 is 5.56. The Kier molecular flexibility index (Phi) is 5.23. The van der Waals surface area contributed by atoms with Crippen LogP contribution in [0, 0.1) is 13.8 Å². The van der Waals surface area contributed by atoms with E-state index in [1.54, 1.807) is 4.90 Å². The van der Waals surface area contributed by atoms with Crippen LogP contribution in [-0.2, 0) is 9.53 Å². The van der Waals surface area contributed by atoms with Crippen LogP contribution in [0.15, 0.2) is 18.2 Å². The molecule has 3 fully saturated rings. The van der Waals surface area contributed by atoms with Crippen LogP contribution in [0.4, 0.5) is 4.79 Å². The summed E-state index contributed by atoms with van der Waals surface area (Å²) in [5.41, 5.74) is 3.01. The van der Waals surface area contributed by atoms with Gasteiger partial charge in [0.25, 0.3) is 5.91 Å². The van der Waals surface area contributed by atoms with Gasteiger partial charge >= 0.3 is 6.09 Å². The smallest absolute Gasteiger partial charge is 0.410 e. The topological polar surface area (TPSA) is 70.2 Å². The summed E-state index contributed by atoms with van der Waals surface area (Å²) in [4.78, 5) is 42.9. The van der Waals surface area contributed by atoms with Crippen LogP contribution in [0.2, 0.25) is 0 Å². The second-order valence-electron chi connectivity index (χ2n) is 8.37. The summed E-state index contributed by atoms with van der Waals surface area (Å²) >= 11 is 0. The summed E-state index contributed by atoms with van der Waals surface area (Å²) in [5, 5.41) is 0. The van der Waals surface area contributed by atoms with Crippen LogP contribution in [0.1, 0.15) is 47.7 Å². The Bertz CT molecular complexity index is 831. The van der Waals surface area contributed by atoms with Crippen molar-refractivity contribution in [3.63, 3.8) is 0 Å². The summed E-state index contributed by atoms with van der Waals surface area (Å²) in [6.07, 6.45) is 1.43. The lowest BCUT2D eigenvalue weighted by molar-refractivity contribution is -0.130. The number of piperidine rings is 1. The van der Waals surface area contributed by atoms with Crippen LogP contribution in [0.3, 0.4) is 0 Å². The van der Waals surface area contributed by atoms with Crippen molar-refractivity contribution < 1.29 is 19.1 Å². The molecule has 2 atom stereocenters. The van der Waals surface area contributed by atoms with Gasteiger partial charge in [-0.25, -0.2) is 4.79 Å². The molecule has 3 saturated heterocycles. The van der Waals surface area contributed by atoms with Crippen LogP contribution < -0.4 is 0 Å². The molecule has 0 radical (unpaired) electrons. The van der Waals surface area contributed by atoms with Gasteiger partial charge in [-0.05, 0) is 49.9 Å². The standard InChI is InChI=1S/C22H29N3O4/c1-4-20(26)24-12-18-19(13-24)29-22(28)25(18)17-7-9-23(10-8-17)21(27)16-6-5-14(2)15(3)11-16/h5-6,11,17-19H,4,7-10,12-13H2,1-3H3/t18-,19+/m1/s1. The summed E-state index contributed by atoms with van der Waals surface area (Å²) in [5.74, 6) is 0.151. The van der Waals surface area contributed by atoms with E-state index in [-0.39, 0.29) is 36.1 Å². The number of likely N-dealkylation sites (tertiary alicyclic amines) is 2. The summed E-state index contributed by atoms with van der Waals surface area (Å²) in [6, 6.07) is 5.81. The van der Waals surface area contributed by atoms with Crippen molar-refractivity contribution in [2.75, 3.05) is 26.2 Å². The van der Waals surface area contributed by atoms with Gasteiger partial charge in [0.1, 0.15) is 6.10 Å². The molecule has 0 bridgehead atoms. The fourth-order valence-corrected chi connectivity index (χ4v) is 4.72. The molecule has 29 heavy (non-hydrogen) atoms. The summed E-state index contributed by atoms with van der Waals surface area (Å²) in [6.45, 7) is 8.18. The Morgan fingerprint density at radius 3 is 2.45 bits per heavy atom. The number of amides is 3. The molecule has 3 aliphatic rings. The molecule has 3 amide bonds. The first-order valence-corrected chi connectivity index (χ1v) is 10.5. The largest absolute Gasteiger partial charge is 0.442 e. The molecule has 7 heteroatoms. The SMILES string of the molecule is CCC(=O)N1C[C@@H]2OC(=O)N(C3CCN(C(=O)c4ccc(C)c(C)c4)CC3)[C@@H]2C1. The zero-order valence-corrected chi connectivity index (χ0v) is 17.4. The number of rotatable bonds is 3. The molecule has 7 nitrogen and oxygen atoms in total. The van der Waals surface area contributed by atoms with Crippen LogP contribution in [0.25, 0.3) is 0 Å². The average Bonchev–Trinajstić information content (AvgIpc) is 3.25. The molecule has 3 aliphatic heterocycles. The van der Waals surface area contributed by atoms with E-state index in [1.807, 2.05) is 48.8 Å². The van der Waals surface area contributed by atoms with Crippen molar-refractivity contribution in [1.29, 1.82) is 0 Å². The predicted octanol–water partition coefficient (Wildman–Crippen LogP) is 2.35. The van der Waals surface area contributed by atoms with E-state index in [0.29, 0.717) is 32.6 Å². The van der Waals surface area contributed by atoms with Gasteiger partial charge in [0, 0.05) is 37.7 Å². The first kappa shape index (κ1) is 19.7. The number of aryl methyl sites for hydroxylation is 2. The van der Waals surface area contributed by atoms with Crippen LogP contribution in [0.5, 0.6) is 0 Å². The van der Waals surface area contributed by atoms with Crippen molar-refractivity contribution in [3.8, 4) is 0 Å². The molecule has 4 rings (SSSR count). The number of carbonyl (C=O) groups excluding carboxylic acids is 3. The molecule has 0 unspecified atom stereocenters. The first-order chi connectivity index (χ1) is 13.9. The number of ether oxygens (including phenoxy) is 1. The molecular formula is C22H29N3O4. The fraction of sp³-hybridized carbons (Fsp3) is 0.591. The van der Waals surface area contributed by atoms with Crippen LogP contribution >= 0.6 is 0 Å². The Morgan fingerprint density at radius 1 is 1.07 bits per heavy atom. The zero-order chi connectivity index (χ0) is 20.7. The maximum atomic E-state index is 12.9. The van der Waals surface area contributed by atoms with Gasteiger partial charge < -0.3 is 14.5 Å². The van der Waals surface area contributed by atoms with Crippen molar-refractivity contribution in [3.05, 3.63) is 34.9 Å². The molecule has 0 saturated carbocycles. The van der Waals surface area contributed by atoms with Crippen molar-refractivity contribution >= 4 is 17.9 Å². The molecule has 0 N–H and O–H groups in total. The van der Waals surface area contributed by atoms with Crippen LogP contribution in [-0.4, -0.2) is 77.0 Å². The Morgan fingerprint density at radius 2 is 1.79 bits per heavy atom. The number of hydrogen-bond donors (Lipinski definition) is 0. The highest BCUT2D eigenvalue weighted by atomic mass is 16.6. The molecule has 156 valence electrons. The van der Waals surface area contributed by atoms with E-state index in [9.17, 15) is 14.4 Å². The van der Waals surface area contributed by atoms with E-state index < -0.39 is 0 Å². The van der Waals surface area contributed by atoms with Gasteiger partial charge in [0.2, 0.25) is 5.91 Å². The predicted molar refractivity (Wildman–Crippen MR) is 108 cm³/mol. The highest BCUT2D eigenvalue weighted by Crippen LogP contribution is 2.32. The monoisotopic (exact) mass is 399 g/mol. The minimum atomic E-state index is -0.275. The Labute approximate surface area is 171 Å². The fourth-order valence-electron chi connectivity index (χ4n) is 4.72. The van der Waals surface area contributed by atoms with E-state index >= 15 is 0 Å². The van der Waals surface area contributed by atoms with Gasteiger partial charge in [0.05, 0.1) is 12.6 Å². The normalized spacial score (nSPS) is 24.7. The van der Waals surface area contributed by atoms with Crippen molar-refractivity contribution in [1.82, 2.24) is 14.7 Å². The van der Waals surface area contributed by atoms with Gasteiger partial charge in [-0.15, -0.1) is 0 Å². The molecule has 3 heterocycles. The van der Waals surface area contributed by atoms with Gasteiger partial charge in [0.15, 0.2) is 0 Å². The average molecular weight is 399 g/mol. The van der Waals surface area contributed by atoms with Gasteiger partial charge in [-0.2, -0.15) is 0 Å². The lowest BCUT2D eigenvalue weighted by Crippen LogP contribution is -2.51. The van der Waals surface area contributed by atoms with Gasteiger partial charge in [-0.3, -0.25) is 14.5 Å². The van der Waals surface area contributed by atoms with Gasteiger partial charge in [-0.1, -0.05) is 13.0 Å². The molecule has 0 aliphatic carbocycles. The minimum Gasteiger partial charge on any atom is -0.442 e. The number of carbonyl (C=O) groups is 3. The summed E-state index contributed by atoms with van der Waals surface area (Å²) in [7, 11) is 0. The molecular weight excluding hydrogens is 370 g/mol. The molecule has 1 aromatic carbocycles. The lowest BCUT2D eigenvalue weighted by Gasteiger charge is -2.37. The molecule has 0 spiro atoms. The third-order valence-corrected chi connectivity index (χ3v) is 6.61. The Hall–Kier alpha value is -2.57. The second-order valence-corrected chi connectivity index (χ2v) is 8.37. The van der Waals surface area contributed by atoms with Crippen molar-refractivity contribution in [2.45, 2.75) is 58.2 Å². The van der Waals surface area contributed by atoms with E-state index in [1.165, 1.54) is 5.56 Å². The molecule has 1 aromatic rings. The third-order valence-electron chi connectivity index (χ3n) is 6.61. The van der Waals surface area contributed by atoms with E-state index in [4.69, 9.17) is 4.74 Å². The lowest BCUT2D eigenvalue weighted by atomic mass is 9.99. The van der Waals surface area contributed by atoms with E-state index in [2.05, 4.69) is 0 Å². The quantitative estimate of drug-likeness (QED) is 0.782. The maximum Gasteiger partial charge on any atom is 0.410 e.